The summed E-state index contributed by atoms with van der Waals surface area (Å²) < 4.78 is 18.0. The molecule has 29 heavy (non-hydrogen) atoms. The minimum Gasteiger partial charge on any atom is -0.497 e. The van der Waals surface area contributed by atoms with Crippen LogP contribution in [0.5, 0.6) is 11.5 Å². The van der Waals surface area contributed by atoms with Gasteiger partial charge in [0.15, 0.2) is 0 Å². The van der Waals surface area contributed by atoms with E-state index >= 15 is 0 Å². The van der Waals surface area contributed by atoms with Crippen molar-refractivity contribution in [2.24, 2.45) is 0 Å². The fourth-order valence-corrected chi connectivity index (χ4v) is 3.01. The van der Waals surface area contributed by atoms with E-state index in [4.69, 9.17) is 14.2 Å². The molecule has 2 aromatic carbocycles. The highest BCUT2D eigenvalue weighted by atomic mass is 16.5. The van der Waals surface area contributed by atoms with Crippen LogP contribution in [-0.4, -0.2) is 30.9 Å². The molecule has 0 fully saturated rings. The number of nitriles is 1. The summed E-state index contributed by atoms with van der Waals surface area (Å²) in [5.41, 5.74) is 1.76. The fraction of sp³-hybridized carbons (Fsp3) is 0.217. The molecule has 6 nitrogen and oxygen atoms in total. The van der Waals surface area contributed by atoms with Crippen LogP contribution in [-0.2, 0) is 16.1 Å². The summed E-state index contributed by atoms with van der Waals surface area (Å²) in [4.78, 5) is 11.9. The molecular weight excluding hydrogens is 368 g/mol. The molecule has 0 saturated heterocycles. The van der Waals surface area contributed by atoms with E-state index in [-0.39, 0.29) is 12.2 Å². The van der Waals surface area contributed by atoms with Gasteiger partial charge in [0.2, 0.25) is 0 Å². The lowest BCUT2D eigenvalue weighted by Gasteiger charge is -2.09. The predicted octanol–water partition coefficient (Wildman–Crippen LogP) is 4.20. The van der Waals surface area contributed by atoms with Crippen molar-refractivity contribution in [3.8, 4) is 17.6 Å². The van der Waals surface area contributed by atoms with Crippen LogP contribution >= 0.6 is 0 Å². The molecule has 0 radical (unpaired) electrons. The number of methoxy groups -OCH3 is 1. The molecule has 3 rings (SSSR count). The minimum absolute atomic E-state index is 0.0239. The van der Waals surface area contributed by atoms with Crippen LogP contribution in [0.3, 0.4) is 0 Å². The number of nitrogens with zero attached hydrogens (tertiary/aromatic N) is 2. The minimum atomic E-state index is -0.616. The van der Waals surface area contributed by atoms with Crippen LogP contribution in [0.15, 0.2) is 60.3 Å². The van der Waals surface area contributed by atoms with E-state index in [1.807, 2.05) is 65.4 Å². The molecule has 1 heterocycles. The predicted molar refractivity (Wildman–Crippen MR) is 111 cm³/mol. The first-order chi connectivity index (χ1) is 14.2. The third-order valence-corrected chi connectivity index (χ3v) is 4.40. The Kier molecular flexibility index (Phi) is 6.54. The maximum atomic E-state index is 11.9. The van der Waals surface area contributed by atoms with Gasteiger partial charge in [-0.2, -0.15) is 5.26 Å². The summed E-state index contributed by atoms with van der Waals surface area (Å²) in [6.07, 6.45) is 3.49. The first kappa shape index (κ1) is 20.0. The Morgan fingerprint density at radius 3 is 2.55 bits per heavy atom. The lowest BCUT2D eigenvalue weighted by molar-refractivity contribution is -0.137. The quantitative estimate of drug-likeness (QED) is 0.327. The van der Waals surface area contributed by atoms with Gasteiger partial charge in [0.1, 0.15) is 29.7 Å². The van der Waals surface area contributed by atoms with E-state index in [2.05, 4.69) is 0 Å². The second-order valence-corrected chi connectivity index (χ2v) is 6.21. The number of fused-ring (bicyclic) bond motifs is 1. The first-order valence-electron chi connectivity index (χ1n) is 9.30. The average molecular weight is 390 g/mol. The van der Waals surface area contributed by atoms with Crippen molar-refractivity contribution in [1.82, 2.24) is 4.57 Å². The molecule has 148 valence electrons. The Balaban J connectivity index is 1.80. The van der Waals surface area contributed by atoms with Crippen LogP contribution in [0.4, 0.5) is 0 Å². The fourth-order valence-electron chi connectivity index (χ4n) is 3.01. The lowest BCUT2D eigenvalue weighted by Crippen LogP contribution is -2.07. The number of benzene rings is 2. The van der Waals surface area contributed by atoms with Crippen molar-refractivity contribution in [3.63, 3.8) is 0 Å². The standard InChI is InChI=1S/C23H22N2O4/c1-3-28-23(26)17(15-24)14-18-16-25(22-7-5-4-6-21(18)22)12-13-29-20-10-8-19(27-2)9-11-20/h4-11,14,16H,3,12-13H2,1-2H3. The van der Waals surface area contributed by atoms with Crippen molar-refractivity contribution in [1.29, 1.82) is 5.26 Å². The molecule has 0 aliphatic rings. The van der Waals surface area contributed by atoms with Gasteiger partial charge >= 0.3 is 5.97 Å². The van der Waals surface area contributed by atoms with Crippen molar-refractivity contribution in [3.05, 3.63) is 65.9 Å². The average Bonchev–Trinajstić information content (AvgIpc) is 3.10. The summed E-state index contributed by atoms with van der Waals surface area (Å²) in [5, 5.41) is 10.3. The van der Waals surface area contributed by atoms with E-state index < -0.39 is 5.97 Å². The Morgan fingerprint density at radius 2 is 1.86 bits per heavy atom. The number of carbonyl (C=O) groups is 1. The molecule has 0 saturated carbocycles. The number of carbonyl (C=O) groups excluding carboxylic acids is 1. The molecule has 6 heteroatoms. The van der Waals surface area contributed by atoms with Crippen LogP contribution in [0.1, 0.15) is 12.5 Å². The number of esters is 1. The SMILES string of the molecule is CCOC(=O)C(C#N)=Cc1cn(CCOc2ccc(OC)cc2)c2ccccc12. The Morgan fingerprint density at radius 1 is 1.14 bits per heavy atom. The lowest BCUT2D eigenvalue weighted by atomic mass is 10.1. The van der Waals surface area contributed by atoms with E-state index in [1.54, 1.807) is 20.1 Å². The van der Waals surface area contributed by atoms with E-state index in [0.717, 1.165) is 28.0 Å². The molecule has 0 amide bonds. The number of para-hydroxylation sites is 1. The number of hydrogen-bond donors (Lipinski definition) is 0. The molecule has 0 aliphatic carbocycles. The summed E-state index contributed by atoms with van der Waals surface area (Å²) in [6.45, 7) is 3.02. The Hall–Kier alpha value is -3.72. The first-order valence-corrected chi connectivity index (χ1v) is 9.30. The monoisotopic (exact) mass is 390 g/mol. The van der Waals surface area contributed by atoms with Gasteiger partial charge in [0, 0.05) is 22.7 Å². The van der Waals surface area contributed by atoms with Crippen LogP contribution in [0.25, 0.3) is 17.0 Å². The highest BCUT2D eigenvalue weighted by molar-refractivity contribution is 6.01. The van der Waals surface area contributed by atoms with E-state index in [1.165, 1.54) is 0 Å². The van der Waals surface area contributed by atoms with Gasteiger partial charge in [-0.05, 0) is 43.3 Å². The number of rotatable bonds is 8. The molecule has 1 aromatic heterocycles. The number of hydrogen-bond acceptors (Lipinski definition) is 5. The van der Waals surface area contributed by atoms with Gasteiger partial charge in [0.05, 0.1) is 20.3 Å². The molecule has 0 bridgehead atoms. The van der Waals surface area contributed by atoms with Gasteiger partial charge < -0.3 is 18.8 Å². The highest BCUT2D eigenvalue weighted by Gasteiger charge is 2.13. The molecule has 0 spiro atoms. The summed E-state index contributed by atoms with van der Waals surface area (Å²) in [6, 6.07) is 17.2. The van der Waals surface area contributed by atoms with Crippen LogP contribution in [0.2, 0.25) is 0 Å². The van der Waals surface area contributed by atoms with E-state index in [9.17, 15) is 10.1 Å². The Bertz CT molecular complexity index is 1060. The number of ether oxygens (including phenoxy) is 3. The van der Waals surface area contributed by atoms with Gasteiger partial charge in [-0.1, -0.05) is 18.2 Å². The summed E-state index contributed by atoms with van der Waals surface area (Å²) in [7, 11) is 1.62. The van der Waals surface area contributed by atoms with E-state index in [0.29, 0.717) is 13.2 Å². The zero-order chi connectivity index (χ0) is 20.6. The summed E-state index contributed by atoms with van der Waals surface area (Å²) in [5.74, 6) is 0.922. The zero-order valence-electron chi connectivity index (χ0n) is 16.4. The molecule has 3 aromatic rings. The third-order valence-electron chi connectivity index (χ3n) is 4.40. The normalized spacial score (nSPS) is 11.1. The number of aromatic nitrogens is 1. The van der Waals surface area contributed by atoms with Crippen LogP contribution < -0.4 is 9.47 Å². The molecule has 0 aliphatic heterocycles. The largest absolute Gasteiger partial charge is 0.497 e. The topological polar surface area (TPSA) is 73.5 Å². The Labute approximate surface area is 169 Å². The van der Waals surface area contributed by atoms with Crippen LogP contribution in [0, 0.1) is 11.3 Å². The summed E-state index contributed by atoms with van der Waals surface area (Å²) >= 11 is 0. The van der Waals surface area contributed by atoms with Crippen molar-refractivity contribution < 1.29 is 19.0 Å². The van der Waals surface area contributed by atoms with Gasteiger partial charge in [-0.25, -0.2) is 4.79 Å². The maximum Gasteiger partial charge on any atom is 0.348 e. The van der Waals surface area contributed by atoms with Gasteiger partial charge in [-0.3, -0.25) is 0 Å². The molecule has 0 atom stereocenters. The second-order valence-electron chi connectivity index (χ2n) is 6.21. The highest BCUT2D eigenvalue weighted by Crippen LogP contribution is 2.24. The van der Waals surface area contributed by atoms with Crippen molar-refractivity contribution in [2.45, 2.75) is 13.5 Å². The van der Waals surface area contributed by atoms with Gasteiger partial charge in [0.25, 0.3) is 0 Å². The molecule has 0 N–H and O–H groups in total. The molecule has 0 unspecified atom stereocenters. The second kappa shape index (κ2) is 9.47. The third kappa shape index (κ3) is 4.77. The zero-order valence-corrected chi connectivity index (χ0v) is 16.4. The molecular formula is C23H22N2O4. The van der Waals surface area contributed by atoms with Crippen molar-refractivity contribution >= 4 is 22.9 Å². The van der Waals surface area contributed by atoms with Crippen molar-refractivity contribution in [2.75, 3.05) is 20.3 Å². The smallest absolute Gasteiger partial charge is 0.348 e. The van der Waals surface area contributed by atoms with Gasteiger partial charge in [-0.15, -0.1) is 0 Å². The maximum absolute atomic E-state index is 11.9.